The highest BCUT2D eigenvalue weighted by Crippen LogP contribution is 2.18. The van der Waals surface area contributed by atoms with Crippen LogP contribution in [0.25, 0.3) is 0 Å². The van der Waals surface area contributed by atoms with E-state index in [4.69, 9.17) is 0 Å². The van der Waals surface area contributed by atoms with Crippen molar-refractivity contribution in [3.05, 3.63) is 69.2 Å². The summed E-state index contributed by atoms with van der Waals surface area (Å²) < 4.78 is 27.6. The van der Waals surface area contributed by atoms with Gasteiger partial charge in [-0.15, -0.1) is 0 Å². The Labute approximate surface area is 118 Å². The maximum atomic E-state index is 13.8. The maximum absolute atomic E-state index is 13.8. The molecule has 0 bridgehead atoms. The van der Waals surface area contributed by atoms with E-state index >= 15 is 0 Å². The molecule has 0 radical (unpaired) electrons. The summed E-state index contributed by atoms with van der Waals surface area (Å²) in [6.07, 6.45) is -0.0310. The minimum absolute atomic E-state index is 0.0310. The second kappa shape index (κ2) is 5.61. The van der Waals surface area contributed by atoms with E-state index < -0.39 is 11.6 Å². The summed E-state index contributed by atoms with van der Waals surface area (Å²) in [7, 11) is 0. The van der Waals surface area contributed by atoms with E-state index in [2.05, 4.69) is 15.9 Å². The number of hydrogen-bond donors (Lipinski definition) is 0. The lowest BCUT2D eigenvalue weighted by Crippen LogP contribution is -2.07. The van der Waals surface area contributed by atoms with Crippen LogP contribution in [0.1, 0.15) is 21.5 Å². The number of benzene rings is 2. The lowest BCUT2D eigenvalue weighted by atomic mass is 10.0. The van der Waals surface area contributed by atoms with Crippen LogP contribution in [-0.2, 0) is 6.42 Å². The van der Waals surface area contributed by atoms with Crippen LogP contribution in [0.3, 0.4) is 0 Å². The molecule has 0 aromatic heterocycles. The Morgan fingerprint density at radius 2 is 1.95 bits per heavy atom. The third-order valence-electron chi connectivity index (χ3n) is 2.78. The van der Waals surface area contributed by atoms with Crippen LogP contribution in [0, 0.1) is 18.6 Å². The number of ketones is 1. The van der Waals surface area contributed by atoms with Crippen molar-refractivity contribution in [2.24, 2.45) is 0 Å². The second-order valence-corrected chi connectivity index (χ2v) is 5.23. The van der Waals surface area contributed by atoms with Gasteiger partial charge in [-0.2, -0.15) is 0 Å². The van der Waals surface area contributed by atoms with Gasteiger partial charge in [-0.05, 0) is 42.3 Å². The summed E-state index contributed by atoms with van der Waals surface area (Å²) in [5.74, 6) is -1.30. The number of halogens is 3. The fourth-order valence-electron chi connectivity index (χ4n) is 1.86. The van der Waals surface area contributed by atoms with Crippen LogP contribution in [0.2, 0.25) is 0 Å². The molecule has 1 nitrogen and oxygen atoms in total. The van der Waals surface area contributed by atoms with Crippen LogP contribution >= 0.6 is 15.9 Å². The highest BCUT2D eigenvalue weighted by molar-refractivity contribution is 9.10. The topological polar surface area (TPSA) is 17.1 Å². The van der Waals surface area contributed by atoms with E-state index in [9.17, 15) is 13.6 Å². The number of aryl methyl sites for hydroxylation is 1. The van der Waals surface area contributed by atoms with Gasteiger partial charge in [0.2, 0.25) is 0 Å². The predicted molar refractivity (Wildman–Crippen MR) is 73.3 cm³/mol. The molecule has 0 unspecified atom stereocenters. The standard InChI is InChI=1S/C15H11BrF2O/c1-9-3-2-4-13(15(9)18)14(19)7-10-5-11(16)8-12(17)6-10/h2-6,8H,7H2,1H3. The van der Waals surface area contributed by atoms with Crippen molar-refractivity contribution in [1.29, 1.82) is 0 Å². The molecule has 0 heterocycles. The van der Waals surface area contributed by atoms with Crippen molar-refractivity contribution in [2.75, 3.05) is 0 Å². The molecule has 0 aliphatic heterocycles. The summed E-state index contributed by atoms with van der Waals surface area (Å²) >= 11 is 3.16. The number of hydrogen-bond acceptors (Lipinski definition) is 1. The van der Waals surface area contributed by atoms with Crippen LogP contribution in [0.5, 0.6) is 0 Å². The zero-order valence-electron chi connectivity index (χ0n) is 10.2. The van der Waals surface area contributed by atoms with E-state index in [-0.39, 0.29) is 17.8 Å². The Kier molecular flexibility index (Phi) is 4.10. The van der Waals surface area contributed by atoms with Gasteiger partial charge < -0.3 is 0 Å². The molecule has 0 aliphatic rings. The van der Waals surface area contributed by atoms with E-state index in [0.29, 0.717) is 15.6 Å². The van der Waals surface area contributed by atoms with Crippen LogP contribution < -0.4 is 0 Å². The molecule has 0 amide bonds. The van der Waals surface area contributed by atoms with E-state index in [1.165, 1.54) is 18.2 Å². The molecule has 0 aliphatic carbocycles. The molecule has 19 heavy (non-hydrogen) atoms. The van der Waals surface area contributed by atoms with E-state index in [1.807, 2.05) is 0 Å². The maximum Gasteiger partial charge on any atom is 0.170 e. The third kappa shape index (κ3) is 3.26. The average molecular weight is 325 g/mol. The van der Waals surface area contributed by atoms with Crippen LogP contribution in [-0.4, -0.2) is 5.78 Å². The van der Waals surface area contributed by atoms with Crippen molar-refractivity contribution >= 4 is 21.7 Å². The fraction of sp³-hybridized carbons (Fsp3) is 0.133. The first-order valence-corrected chi connectivity index (χ1v) is 6.50. The normalized spacial score (nSPS) is 10.5. The molecule has 0 fully saturated rings. The minimum atomic E-state index is -0.511. The molecule has 0 N–H and O–H groups in total. The molecular formula is C15H11BrF2O. The lowest BCUT2D eigenvalue weighted by Gasteiger charge is -2.05. The van der Waals surface area contributed by atoms with Gasteiger partial charge >= 0.3 is 0 Å². The summed E-state index contributed by atoms with van der Waals surface area (Å²) in [5.41, 5.74) is 0.976. The fourth-order valence-corrected chi connectivity index (χ4v) is 2.37. The Morgan fingerprint density at radius 3 is 2.63 bits per heavy atom. The average Bonchev–Trinajstić information content (AvgIpc) is 2.31. The molecule has 0 saturated carbocycles. The van der Waals surface area contributed by atoms with Crippen molar-refractivity contribution in [3.8, 4) is 0 Å². The highest BCUT2D eigenvalue weighted by atomic mass is 79.9. The zero-order chi connectivity index (χ0) is 14.0. The largest absolute Gasteiger partial charge is 0.294 e. The Hall–Kier alpha value is -1.55. The van der Waals surface area contributed by atoms with E-state index in [1.54, 1.807) is 25.1 Å². The quantitative estimate of drug-likeness (QED) is 0.762. The first-order chi connectivity index (χ1) is 8.97. The third-order valence-corrected chi connectivity index (χ3v) is 3.24. The van der Waals surface area contributed by atoms with Gasteiger partial charge in [-0.3, -0.25) is 4.79 Å². The van der Waals surface area contributed by atoms with Crippen LogP contribution in [0.15, 0.2) is 40.9 Å². The summed E-state index contributed by atoms with van der Waals surface area (Å²) in [6, 6.07) is 8.91. The van der Waals surface area contributed by atoms with Gasteiger partial charge in [0.1, 0.15) is 11.6 Å². The smallest absolute Gasteiger partial charge is 0.170 e. The predicted octanol–water partition coefficient (Wildman–Crippen LogP) is 4.46. The van der Waals surface area contributed by atoms with Gasteiger partial charge in [-0.25, -0.2) is 8.78 Å². The molecule has 98 valence electrons. The van der Waals surface area contributed by atoms with Gasteiger partial charge in [-0.1, -0.05) is 28.1 Å². The van der Waals surface area contributed by atoms with Crippen molar-refractivity contribution in [3.63, 3.8) is 0 Å². The van der Waals surface area contributed by atoms with Crippen molar-refractivity contribution in [2.45, 2.75) is 13.3 Å². The molecule has 0 spiro atoms. The molecule has 0 saturated heterocycles. The molecule has 0 atom stereocenters. The number of carbonyl (C=O) groups is 1. The first-order valence-electron chi connectivity index (χ1n) is 5.70. The SMILES string of the molecule is Cc1cccc(C(=O)Cc2cc(F)cc(Br)c2)c1F. The van der Waals surface area contributed by atoms with Gasteiger partial charge in [0.15, 0.2) is 5.78 Å². The monoisotopic (exact) mass is 324 g/mol. The van der Waals surface area contributed by atoms with Crippen molar-refractivity contribution in [1.82, 2.24) is 0 Å². The first kappa shape index (κ1) is 13.9. The summed E-state index contributed by atoms with van der Waals surface area (Å²) in [5, 5.41) is 0. The second-order valence-electron chi connectivity index (χ2n) is 4.31. The zero-order valence-corrected chi connectivity index (χ0v) is 11.8. The summed E-state index contributed by atoms with van der Waals surface area (Å²) in [6.45, 7) is 1.60. The number of carbonyl (C=O) groups excluding carboxylic acids is 1. The molecule has 2 rings (SSSR count). The van der Waals surface area contributed by atoms with E-state index in [0.717, 1.165) is 0 Å². The number of rotatable bonds is 3. The minimum Gasteiger partial charge on any atom is -0.294 e. The van der Waals surface area contributed by atoms with Gasteiger partial charge in [0, 0.05) is 10.9 Å². The molecular weight excluding hydrogens is 314 g/mol. The highest BCUT2D eigenvalue weighted by Gasteiger charge is 2.14. The van der Waals surface area contributed by atoms with Gasteiger partial charge in [0.25, 0.3) is 0 Å². The number of Topliss-reactive ketones (excluding diaryl/α,β-unsaturated/α-hetero) is 1. The van der Waals surface area contributed by atoms with Crippen molar-refractivity contribution < 1.29 is 13.6 Å². The Balaban J connectivity index is 2.28. The van der Waals surface area contributed by atoms with Gasteiger partial charge in [0.05, 0.1) is 5.56 Å². The molecule has 4 heteroatoms. The molecule has 2 aromatic carbocycles. The summed E-state index contributed by atoms with van der Waals surface area (Å²) in [4.78, 5) is 12.0. The van der Waals surface area contributed by atoms with Crippen LogP contribution in [0.4, 0.5) is 8.78 Å². The Morgan fingerprint density at radius 1 is 1.21 bits per heavy atom. The lowest BCUT2D eigenvalue weighted by molar-refractivity contribution is 0.0989. The molecule has 2 aromatic rings. The Bertz CT molecular complexity index is 618.